The van der Waals surface area contributed by atoms with E-state index in [0.29, 0.717) is 0 Å². The average molecular weight is 222 g/mol. The van der Waals surface area contributed by atoms with Crippen LogP contribution in [0.3, 0.4) is 0 Å². The normalized spacial score (nSPS) is 11.5. The van der Waals surface area contributed by atoms with Gasteiger partial charge >= 0.3 is 0 Å². The number of benzene rings is 1. The van der Waals surface area contributed by atoms with Gasteiger partial charge < -0.3 is 15.8 Å². The molecule has 0 saturated heterocycles. The zero-order chi connectivity index (χ0) is 12.2. The number of ether oxygens (including phenoxy) is 1. The number of anilines is 2. The number of aryl methyl sites for hydroxylation is 1. The average Bonchev–Trinajstić information content (AvgIpc) is 2.16. The van der Waals surface area contributed by atoms with Gasteiger partial charge in [0.15, 0.2) is 0 Å². The van der Waals surface area contributed by atoms with Crippen molar-refractivity contribution in [1.82, 2.24) is 0 Å². The molecule has 0 bridgehead atoms. The Morgan fingerprint density at radius 1 is 1.38 bits per heavy atom. The Hall–Kier alpha value is -1.22. The molecule has 0 atom stereocenters. The molecule has 0 aliphatic heterocycles. The fourth-order valence-electron chi connectivity index (χ4n) is 1.67. The maximum atomic E-state index is 5.92. The van der Waals surface area contributed by atoms with E-state index < -0.39 is 0 Å². The second-order valence-electron chi connectivity index (χ2n) is 4.59. The van der Waals surface area contributed by atoms with Crippen LogP contribution in [0.15, 0.2) is 18.2 Å². The van der Waals surface area contributed by atoms with Crippen LogP contribution in [0.5, 0.6) is 0 Å². The quantitative estimate of drug-likeness (QED) is 0.753. The molecule has 90 valence electrons. The molecule has 0 saturated carbocycles. The summed E-state index contributed by atoms with van der Waals surface area (Å²) in [4.78, 5) is 0. The molecule has 0 radical (unpaired) electrons. The van der Waals surface area contributed by atoms with Crippen molar-refractivity contribution in [2.45, 2.75) is 33.3 Å². The maximum absolute atomic E-state index is 5.92. The highest BCUT2D eigenvalue weighted by Gasteiger charge is 2.17. The molecular formula is C13H22N2O. The molecule has 0 aliphatic carbocycles. The maximum Gasteiger partial charge on any atom is 0.0797 e. The summed E-state index contributed by atoms with van der Waals surface area (Å²) in [5.41, 5.74) is 8.70. The largest absolute Gasteiger partial charge is 0.397 e. The first-order valence-corrected chi connectivity index (χ1v) is 5.69. The minimum atomic E-state index is -0.177. The first-order valence-electron chi connectivity index (χ1n) is 5.69. The third-order valence-corrected chi connectivity index (χ3v) is 2.53. The van der Waals surface area contributed by atoms with Gasteiger partial charge in [0.25, 0.3) is 0 Å². The van der Waals surface area contributed by atoms with Crippen molar-refractivity contribution in [2.75, 3.05) is 24.2 Å². The van der Waals surface area contributed by atoms with Gasteiger partial charge in [0.05, 0.1) is 17.0 Å². The molecule has 3 N–H and O–H groups in total. The van der Waals surface area contributed by atoms with E-state index >= 15 is 0 Å². The van der Waals surface area contributed by atoms with Gasteiger partial charge in [-0.05, 0) is 39.3 Å². The Balaban J connectivity index is 2.68. The Morgan fingerprint density at radius 3 is 2.62 bits per heavy atom. The summed E-state index contributed by atoms with van der Waals surface area (Å²) >= 11 is 0. The monoisotopic (exact) mass is 222 g/mol. The second kappa shape index (κ2) is 5.21. The van der Waals surface area contributed by atoms with Crippen molar-refractivity contribution in [3.05, 3.63) is 23.8 Å². The SMILES string of the molecule is CCOC(C)(C)CNc1c(C)cccc1N. The molecule has 3 nitrogen and oxygen atoms in total. The minimum absolute atomic E-state index is 0.177. The number of nitrogen functional groups attached to an aromatic ring is 1. The predicted molar refractivity (Wildman–Crippen MR) is 69.8 cm³/mol. The van der Waals surface area contributed by atoms with E-state index in [1.807, 2.05) is 32.0 Å². The molecular weight excluding hydrogens is 200 g/mol. The summed E-state index contributed by atoms with van der Waals surface area (Å²) in [5, 5.41) is 3.36. The molecule has 1 rings (SSSR count). The van der Waals surface area contributed by atoms with Crippen LogP contribution in [0.1, 0.15) is 26.3 Å². The van der Waals surface area contributed by atoms with Gasteiger partial charge in [-0.15, -0.1) is 0 Å². The van der Waals surface area contributed by atoms with Crippen molar-refractivity contribution in [1.29, 1.82) is 0 Å². The van der Waals surface area contributed by atoms with Crippen molar-refractivity contribution in [3.63, 3.8) is 0 Å². The van der Waals surface area contributed by atoms with E-state index in [9.17, 15) is 0 Å². The van der Waals surface area contributed by atoms with Crippen LogP contribution in [-0.2, 0) is 4.74 Å². The lowest BCUT2D eigenvalue weighted by Crippen LogP contribution is -2.33. The topological polar surface area (TPSA) is 47.3 Å². The summed E-state index contributed by atoms with van der Waals surface area (Å²) < 4.78 is 5.63. The summed E-state index contributed by atoms with van der Waals surface area (Å²) in [6.45, 7) is 9.65. The Bertz CT molecular complexity index is 328. The van der Waals surface area contributed by atoms with Crippen molar-refractivity contribution < 1.29 is 4.74 Å². The zero-order valence-electron chi connectivity index (χ0n) is 10.6. The van der Waals surface area contributed by atoms with E-state index in [2.05, 4.69) is 19.2 Å². The molecule has 0 unspecified atom stereocenters. The Morgan fingerprint density at radius 2 is 2.06 bits per heavy atom. The molecule has 0 heterocycles. The van der Waals surface area contributed by atoms with Crippen LogP contribution in [0.2, 0.25) is 0 Å². The first kappa shape index (κ1) is 12.8. The van der Waals surface area contributed by atoms with Gasteiger partial charge in [-0.1, -0.05) is 12.1 Å². The van der Waals surface area contributed by atoms with Gasteiger partial charge in [-0.2, -0.15) is 0 Å². The highest BCUT2D eigenvalue weighted by atomic mass is 16.5. The van der Waals surface area contributed by atoms with E-state index in [-0.39, 0.29) is 5.60 Å². The highest BCUT2D eigenvalue weighted by Crippen LogP contribution is 2.23. The van der Waals surface area contributed by atoms with Crippen LogP contribution in [0.25, 0.3) is 0 Å². The van der Waals surface area contributed by atoms with E-state index in [0.717, 1.165) is 30.1 Å². The van der Waals surface area contributed by atoms with Gasteiger partial charge in [0, 0.05) is 13.2 Å². The lowest BCUT2D eigenvalue weighted by atomic mass is 10.1. The lowest BCUT2D eigenvalue weighted by molar-refractivity contribution is 0.000705. The third kappa shape index (κ3) is 3.42. The summed E-state index contributed by atoms with van der Waals surface area (Å²) in [6, 6.07) is 5.92. The summed E-state index contributed by atoms with van der Waals surface area (Å²) in [7, 11) is 0. The molecule has 0 spiro atoms. The number of nitrogens with one attached hydrogen (secondary N) is 1. The van der Waals surface area contributed by atoms with Crippen molar-refractivity contribution >= 4 is 11.4 Å². The van der Waals surface area contributed by atoms with Gasteiger partial charge in [0.2, 0.25) is 0 Å². The van der Waals surface area contributed by atoms with Crippen molar-refractivity contribution in [2.24, 2.45) is 0 Å². The van der Waals surface area contributed by atoms with Crippen molar-refractivity contribution in [3.8, 4) is 0 Å². The molecule has 3 heteroatoms. The second-order valence-corrected chi connectivity index (χ2v) is 4.59. The molecule has 0 fully saturated rings. The molecule has 16 heavy (non-hydrogen) atoms. The van der Waals surface area contributed by atoms with Crippen LogP contribution >= 0.6 is 0 Å². The van der Waals surface area contributed by atoms with Gasteiger partial charge in [-0.25, -0.2) is 0 Å². The number of rotatable bonds is 5. The standard InChI is InChI=1S/C13H22N2O/c1-5-16-13(3,4)9-15-12-10(2)7-6-8-11(12)14/h6-8,15H,5,9,14H2,1-4H3. The number of para-hydroxylation sites is 1. The fourth-order valence-corrected chi connectivity index (χ4v) is 1.67. The van der Waals surface area contributed by atoms with E-state index in [1.165, 1.54) is 0 Å². The predicted octanol–water partition coefficient (Wildman–Crippen LogP) is 2.80. The Kier molecular flexibility index (Phi) is 4.19. The lowest BCUT2D eigenvalue weighted by Gasteiger charge is -2.26. The van der Waals surface area contributed by atoms with Gasteiger partial charge in [-0.3, -0.25) is 0 Å². The van der Waals surface area contributed by atoms with Crippen LogP contribution < -0.4 is 11.1 Å². The number of hydrogen-bond donors (Lipinski definition) is 2. The van der Waals surface area contributed by atoms with Crippen LogP contribution in [0.4, 0.5) is 11.4 Å². The third-order valence-electron chi connectivity index (χ3n) is 2.53. The minimum Gasteiger partial charge on any atom is -0.397 e. The molecule has 0 aromatic heterocycles. The summed E-state index contributed by atoms with van der Waals surface area (Å²) in [5.74, 6) is 0. The smallest absolute Gasteiger partial charge is 0.0797 e. The molecule has 1 aromatic carbocycles. The zero-order valence-corrected chi connectivity index (χ0v) is 10.6. The van der Waals surface area contributed by atoms with Crippen LogP contribution in [0, 0.1) is 6.92 Å². The van der Waals surface area contributed by atoms with E-state index in [4.69, 9.17) is 10.5 Å². The summed E-state index contributed by atoms with van der Waals surface area (Å²) in [6.07, 6.45) is 0. The first-order chi connectivity index (χ1) is 7.46. The molecule has 1 aromatic rings. The Labute approximate surface area is 98.0 Å². The number of nitrogens with two attached hydrogens (primary N) is 1. The fraction of sp³-hybridized carbons (Fsp3) is 0.538. The highest BCUT2D eigenvalue weighted by molar-refractivity contribution is 5.69. The van der Waals surface area contributed by atoms with Crippen LogP contribution in [-0.4, -0.2) is 18.8 Å². The molecule has 0 amide bonds. The van der Waals surface area contributed by atoms with E-state index in [1.54, 1.807) is 0 Å². The molecule has 0 aliphatic rings. The van der Waals surface area contributed by atoms with Gasteiger partial charge in [0.1, 0.15) is 0 Å². The number of hydrogen-bond acceptors (Lipinski definition) is 3.